The van der Waals surface area contributed by atoms with Crippen LogP contribution in [-0.2, 0) is 11.4 Å². The van der Waals surface area contributed by atoms with Crippen molar-refractivity contribution in [3.05, 3.63) is 71.3 Å². The molecule has 0 saturated heterocycles. The maximum Gasteiger partial charge on any atom is 0.283 e. The van der Waals surface area contributed by atoms with E-state index >= 15 is 0 Å². The second kappa shape index (κ2) is 8.45. The molecule has 2 aliphatic rings. The van der Waals surface area contributed by atoms with Crippen molar-refractivity contribution >= 4 is 39.8 Å². The van der Waals surface area contributed by atoms with Crippen LogP contribution in [0.2, 0.25) is 0 Å². The average molecular weight is 404 g/mol. The first-order chi connectivity index (χ1) is 14.2. The minimum atomic E-state index is -0.431. The fourth-order valence-electron chi connectivity index (χ4n) is 2.97. The van der Waals surface area contributed by atoms with Crippen LogP contribution in [0.5, 0.6) is 5.75 Å². The molecule has 6 nitrogen and oxygen atoms in total. The summed E-state index contributed by atoms with van der Waals surface area (Å²) in [4.78, 5) is 16.7. The van der Waals surface area contributed by atoms with Crippen LogP contribution in [0, 0.1) is 5.41 Å². The van der Waals surface area contributed by atoms with Gasteiger partial charge in [-0.15, -0.1) is 0 Å². The van der Waals surface area contributed by atoms with Crippen molar-refractivity contribution < 1.29 is 9.53 Å². The number of hydrogen-bond donors (Lipinski definition) is 1. The lowest BCUT2D eigenvalue weighted by molar-refractivity contribution is -0.114. The van der Waals surface area contributed by atoms with Gasteiger partial charge in [0, 0.05) is 5.56 Å². The lowest BCUT2D eigenvalue weighted by Gasteiger charge is -2.20. The van der Waals surface area contributed by atoms with Gasteiger partial charge in [0.05, 0.1) is 5.57 Å². The van der Waals surface area contributed by atoms with E-state index in [9.17, 15) is 4.79 Å². The van der Waals surface area contributed by atoms with Crippen LogP contribution >= 0.6 is 11.8 Å². The van der Waals surface area contributed by atoms with Gasteiger partial charge in [0.2, 0.25) is 5.17 Å². The first kappa shape index (κ1) is 19.1. The lowest BCUT2D eigenvalue weighted by atomic mass is 10.1. The molecular weight excluding hydrogens is 384 g/mol. The van der Waals surface area contributed by atoms with Crippen LogP contribution in [0.1, 0.15) is 30.9 Å². The SMILES string of the molecule is CCCC1=NN2C(=N)/C(=C/c3ccccc3OCc3ccccc3)C(=O)N=C2S1. The molecule has 2 aliphatic heterocycles. The highest BCUT2D eigenvalue weighted by molar-refractivity contribution is 8.26. The van der Waals surface area contributed by atoms with Crippen molar-refractivity contribution in [1.29, 1.82) is 5.41 Å². The van der Waals surface area contributed by atoms with Gasteiger partial charge in [-0.05, 0) is 42.3 Å². The van der Waals surface area contributed by atoms with Crippen LogP contribution in [0.15, 0.2) is 70.3 Å². The normalized spacial score (nSPS) is 17.3. The third kappa shape index (κ3) is 4.14. The fraction of sp³-hybridized carbons (Fsp3) is 0.182. The summed E-state index contributed by atoms with van der Waals surface area (Å²) in [7, 11) is 0. The number of ether oxygens (including phenoxy) is 1. The zero-order chi connectivity index (χ0) is 20.2. The molecule has 0 aliphatic carbocycles. The van der Waals surface area contributed by atoms with E-state index in [4.69, 9.17) is 10.1 Å². The Morgan fingerprint density at radius 2 is 1.90 bits per heavy atom. The number of thioether (sulfide) groups is 1. The molecule has 29 heavy (non-hydrogen) atoms. The molecule has 0 saturated carbocycles. The number of rotatable bonds is 6. The van der Waals surface area contributed by atoms with Gasteiger partial charge in [-0.1, -0.05) is 55.5 Å². The number of nitrogens with zero attached hydrogens (tertiary/aromatic N) is 3. The highest BCUT2D eigenvalue weighted by atomic mass is 32.2. The molecule has 0 unspecified atom stereocenters. The highest BCUT2D eigenvalue weighted by Crippen LogP contribution is 2.31. The number of hydrogen-bond acceptors (Lipinski definition) is 5. The summed E-state index contributed by atoms with van der Waals surface area (Å²) < 4.78 is 5.96. The number of nitrogens with one attached hydrogen (secondary N) is 1. The minimum absolute atomic E-state index is 0.0384. The minimum Gasteiger partial charge on any atom is -0.488 e. The third-order valence-electron chi connectivity index (χ3n) is 4.42. The third-order valence-corrected chi connectivity index (χ3v) is 5.38. The molecular formula is C22H20N4O2S. The molecule has 2 aromatic rings. The number of amides is 1. The Morgan fingerprint density at radius 3 is 2.69 bits per heavy atom. The summed E-state index contributed by atoms with van der Waals surface area (Å²) in [6.45, 7) is 2.48. The molecule has 0 spiro atoms. The maximum atomic E-state index is 12.6. The van der Waals surface area contributed by atoms with E-state index in [-0.39, 0.29) is 11.4 Å². The van der Waals surface area contributed by atoms with Crippen molar-refractivity contribution in [3.8, 4) is 5.75 Å². The number of para-hydroxylation sites is 1. The summed E-state index contributed by atoms with van der Waals surface area (Å²) >= 11 is 1.36. The highest BCUT2D eigenvalue weighted by Gasteiger charge is 2.35. The van der Waals surface area contributed by atoms with Crippen molar-refractivity contribution in [2.24, 2.45) is 10.1 Å². The van der Waals surface area contributed by atoms with E-state index in [2.05, 4.69) is 17.0 Å². The van der Waals surface area contributed by atoms with Crippen LogP contribution in [-0.4, -0.2) is 27.0 Å². The predicted octanol–water partition coefficient (Wildman–Crippen LogP) is 4.68. The molecule has 0 fully saturated rings. The largest absolute Gasteiger partial charge is 0.488 e. The molecule has 2 heterocycles. The summed E-state index contributed by atoms with van der Waals surface area (Å²) in [5.74, 6) is 0.251. The number of hydrazone groups is 1. The molecule has 0 radical (unpaired) electrons. The summed E-state index contributed by atoms with van der Waals surface area (Å²) in [6.07, 6.45) is 3.41. The molecule has 1 amide bonds. The number of amidine groups is 2. The molecule has 7 heteroatoms. The van der Waals surface area contributed by atoms with Gasteiger partial charge < -0.3 is 4.74 Å². The smallest absolute Gasteiger partial charge is 0.283 e. The molecule has 0 bridgehead atoms. The lowest BCUT2D eigenvalue weighted by Crippen LogP contribution is -2.35. The van der Waals surface area contributed by atoms with Crippen LogP contribution in [0.4, 0.5) is 0 Å². The molecule has 0 aromatic heterocycles. The quantitative estimate of drug-likeness (QED) is 0.709. The maximum absolute atomic E-state index is 12.6. The van der Waals surface area contributed by atoms with Gasteiger partial charge in [-0.2, -0.15) is 15.1 Å². The van der Waals surface area contributed by atoms with Crippen molar-refractivity contribution in [3.63, 3.8) is 0 Å². The number of benzene rings is 2. The Hall–Kier alpha value is -3.19. The zero-order valence-corrected chi connectivity index (χ0v) is 16.8. The van der Waals surface area contributed by atoms with Gasteiger partial charge in [-0.3, -0.25) is 10.2 Å². The van der Waals surface area contributed by atoms with Gasteiger partial charge in [0.1, 0.15) is 17.4 Å². The van der Waals surface area contributed by atoms with E-state index in [1.165, 1.54) is 16.8 Å². The molecule has 4 rings (SSSR count). The monoisotopic (exact) mass is 404 g/mol. The predicted molar refractivity (Wildman–Crippen MR) is 117 cm³/mol. The topological polar surface area (TPSA) is 78.1 Å². The van der Waals surface area contributed by atoms with Crippen LogP contribution in [0.25, 0.3) is 6.08 Å². The molecule has 1 N–H and O–H groups in total. The van der Waals surface area contributed by atoms with E-state index < -0.39 is 5.91 Å². The second-order valence-electron chi connectivity index (χ2n) is 6.58. The van der Waals surface area contributed by atoms with Crippen molar-refractivity contribution in [2.75, 3.05) is 0 Å². The second-order valence-corrected chi connectivity index (χ2v) is 7.62. The number of fused-ring (bicyclic) bond motifs is 1. The van der Waals surface area contributed by atoms with Gasteiger partial charge in [-0.25, -0.2) is 0 Å². The summed E-state index contributed by atoms with van der Waals surface area (Å²) in [5.41, 5.74) is 1.98. The Kier molecular flexibility index (Phi) is 5.57. The van der Waals surface area contributed by atoms with E-state index in [0.29, 0.717) is 17.5 Å². The number of carbonyl (C=O) groups is 1. The Balaban J connectivity index is 1.60. The fourth-order valence-corrected chi connectivity index (χ4v) is 3.96. The van der Waals surface area contributed by atoms with E-state index in [0.717, 1.165) is 29.0 Å². The molecule has 0 atom stereocenters. The zero-order valence-electron chi connectivity index (χ0n) is 16.0. The van der Waals surface area contributed by atoms with Gasteiger partial charge in [0.15, 0.2) is 5.84 Å². The molecule has 2 aromatic carbocycles. The summed E-state index contributed by atoms with van der Waals surface area (Å²) in [6, 6.07) is 17.3. The molecule has 146 valence electrons. The Bertz CT molecular complexity index is 1040. The van der Waals surface area contributed by atoms with Gasteiger partial charge in [0.25, 0.3) is 5.91 Å². The van der Waals surface area contributed by atoms with E-state index in [1.54, 1.807) is 6.08 Å². The van der Waals surface area contributed by atoms with Gasteiger partial charge >= 0.3 is 0 Å². The van der Waals surface area contributed by atoms with Crippen molar-refractivity contribution in [1.82, 2.24) is 5.01 Å². The standard InChI is InChI=1S/C22H20N4O2S/c1-2-8-19-25-26-20(23)17(21(27)24-22(26)29-19)13-16-11-6-7-12-18(16)28-14-15-9-4-3-5-10-15/h3-7,9-13,23H,2,8,14H2,1H3/b17-13-,23-20?. The Morgan fingerprint density at radius 1 is 1.14 bits per heavy atom. The average Bonchev–Trinajstić information content (AvgIpc) is 3.14. The first-order valence-electron chi connectivity index (χ1n) is 9.40. The van der Waals surface area contributed by atoms with Crippen molar-refractivity contribution in [2.45, 2.75) is 26.4 Å². The van der Waals surface area contributed by atoms with E-state index in [1.807, 2.05) is 54.6 Å². The van der Waals surface area contributed by atoms with Crippen LogP contribution < -0.4 is 4.74 Å². The van der Waals surface area contributed by atoms with Crippen LogP contribution in [0.3, 0.4) is 0 Å². The summed E-state index contributed by atoms with van der Waals surface area (Å²) in [5, 5.41) is 15.7. The number of carbonyl (C=O) groups excluding carboxylic acids is 1. The Labute approximate surface area is 173 Å². The first-order valence-corrected chi connectivity index (χ1v) is 10.2. The number of aliphatic imine (C=N–C) groups is 1.